The summed E-state index contributed by atoms with van der Waals surface area (Å²) in [6.07, 6.45) is 16.5. The van der Waals surface area contributed by atoms with Gasteiger partial charge in [0.2, 0.25) is 0 Å². The average Bonchev–Trinajstić information content (AvgIpc) is 2.42. The van der Waals surface area contributed by atoms with Gasteiger partial charge < -0.3 is 5.32 Å². The van der Waals surface area contributed by atoms with Crippen molar-refractivity contribution >= 4 is 5.84 Å². The molecule has 0 spiro atoms. The van der Waals surface area contributed by atoms with Gasteiger partial charge >= 0.3 is 0 Å². The smallest absolute Gasteiger partial charge is 0.0963 e. The molecule has 0 aromatic carbocycles. The molecule has 0 atom stereocenters. The molecule has 0 fully saturated rings. The number of nitrogens with zero attached hydrogens (tertiary/aromatic N) is 1. The van der Waals surface area contributed by atoms with Crippen LogP contribution in [-0.2, 0) is 0 Å². The molecule has 0 aromatic heterocycles. The molecular weight excluding hydrogens is 220 g/mol. The van der Waals surface area contributed by atoms with Crippen LogP contribution in [-0.4, -0.2) is 18.9 Å². The van der Waals surface area contributed by atoms with Crippen LogP contribution in [0.3, 0.4) is 0 Å². The molecule has 0 radical (unpaired) electrons. The molecule has 1 N–H and O–H groups in total. The summed E-state index contributed by atoms with van der Waals surface area (Å²) in [6, 6.07) is 0. The maximum atomic E-state index is 4.51. The van der Waals surface area contributed by atoms with Gasteiger partial charge in [-0.15, -0.1) is 0 Å². The maximum Gasteiger partial charge on any atom is 0.0963 e. The molecule has 0 saturated heterocycles. The molecule has 0 aromatic rings. The standard InChI is InChI=1S/C16H32N2/c1-2-3-4-5-6-7-8-9-10-11-13-16-17-14-12-15-18-16/h2-15H2,1H3,(H,17,18). The first-order chi connectivity index (χ1) is 8.93. The van der Waals surface area contributed by atoms with Crippen LogP contribution in [0.2, 0.25) is 0 Å². The van der Waals surface area contributed by atoms with E-state index >= 15 is 0 Å². The van der Waals surface area contributed by atoms with Crippen LogP contribution in [0.15, 0.2) is 4.99 Å². The first-order valence-electron chi connectivity index (χ1n) is 8.20. The van der Waals surface area contributed by atoms with E-state index in [1.807, 2.05) is 0 Å². The summed E-state index contributed by atoms with van der Waals surface area (Å²) in [5.74, 6) is 1.26. The van der Waals surface area contributed by atoms with Crippen molar-refractivity contribution in [2.24, 2.45) is 4.99 Å². The zero-order valence-electron chi connectivity index (χ0n) is 12.3. The van der Waals surface area contributed by atoms with E-state index in [1.54, 1.807) is 0 Å². The molecule has 18 heavy (non-hydrogen) atoms. The van der Waals surface area contributed by atoms with Crippen LogP contribution in [0.25, 0.3) is 0 Å². The minimum atomic E-state index is 1.04. The molecule has 106 valence electrons. The Morgan fingerprint density at radius 1 is 0.889 bits per heavy atom. The first-order valence-corrected chi connectivity index (χ1v) is 8.20. The van der Waals surface area contributed by atoms with Gasteiger partial charge in [0.25, 0.3) is 0 Å². The minimum absolute atomic E-state index is 1.04. The summed E-state index contributed by atoms with van der Waals surface area (Å²) in [5, 5.41) is 3.40. The van der Waals surface area contributed by atoms with Gasteiger partial charge in [-0.1, -0.05) is 64.7 Å². The van der Waals surface area contributed by atoms with Gasteiger partial charge in [-0.2, -0.15) is 0 Å². The SMILES string of the molecule is CCCCCCCCCCCCC1=NCCCN1. The molecule has 1 aliphatic heterocycles. The minimum Gasteiger partial charge on any atom is -0.374 e. The lowest BCUT2D eigenvalue weighted by Crippen LogP contribution is -2.29. The lowest BCUT2D eigenvalue weighted by molar-refractivity contribution is 0.557. The van der Waals surface area contributed by atoms with E-state index in [4.69, 9.17) is 0 Å². The van der Waals surface area contributed by atoms with E-state index in [2.05, 4.69) is 17.2 Å². The van der Waals surface area contributed by atoms with E-state index in [0.29, 0.717) is 0 Å². The average molecular weight is 252 g/mol. The molecule has 0 amide bonds. The highest BCUT2D eigenvalue weighted by Gasteiger charge is 2.02. The Labute approximate surface area is 114 Å². The molecule has 1 aliphatic rings. The number of nitrogens with one attached hydrogen (secondary N) is 1. The second-order valence-corrected chi connectivity index (χ2v) is 5.54. The largest absolute Gasteiger partial charge is 0.374 e. The molecule has 2 nitrogen and oxygen atoms in total. The van der Waals surface area contributed by atoms with Crippen molar-refractivity contribution in [2.75, 3.05) is 13.1 Å². The fourth-order valence-corrected chi connectivity index (χ4v) is 2.53. The Balaban J connectivity index is 1.77. The van der Waals surface area contributed by atoms with Crippen LogP contribution < -0.4 is 5.32 Å². The highest BCUT2D eigenvalue weighted by molar-refractivity contribution is 5.82. The lowest BCUT2D eigenvalue weighted by Gasteiger charge is -2.14. The van der Waals surface area contributed by atoms with E-state index in [1.165, 1.54) is 82.9 Å². The van der Waals surface area contributed by atoms with E-state index in [-0.39, 0.29) is 0 Å². The van der Waals surface area contributed by atoms with Crippen LogP contribution in [0.4, 0.5) is 0 Å². The first kappa shape index (κ1) is 15.5. The maximum absolute atomic E-state index is 4.51. The Hall–Kier alpha value is -0.530. The third kappa shape index (κ3) is 8.54. The number of rotatable bonds is 11. The van der Waals surface area contributed by atoms with Gasteiger partial charge in [-0.05, 0) is 12.8 Å². The fourth-order valence-electron chi connectivity index (χ4n) is 2.53. The number of amidine groups is 1. The Morgan fingerprint density at radius 2 is 1.50 bits per heavy atom. The predicted octanol–water partition coefficient (Wildman–Crippen LogP) is 4.69. The van der Waals surface area contributed by atoms with Crippen LogP contribution in [0, 0.1) is 0 Å². The Bertz CT molecular complexity index is 211. The molecule has 1 rings (SSSR count). The molecular formula is C16H32N2. The van der Waals surface area contributed by atoms with Gasteiger partial charge in [0, 0.05) is 19.5 Å². The molecule has 0 saturated carbocycles. The summed E-state index contributed by atoms with van der Waals surface area (Å²) in [7, 11) is 0. The topological polar surface area (TPSA) is 24.4 Å². The lowest BCUT2D eigenvalue weighted by atomic mass is 10.1. The third-order valence-electron chi connectivity index (χ3n) is 3.73. The monoisotopic (exact) mass is 252 g/mol. The number of unbranched alkanes of at least 4 members (excludes halogenated alkanes) is 9. The summed E-state index contributed by atoms with van der Waals surface area (Å²) in [5.41, 5.74) is 0. The second kappa shape index (κ2) is 11.6. The van der Waals surface area contributed by atoms with Crippen molar-refractivity contribution in [3.63, 3.8) is 0 Å². The third-order valence-corrected chi connectivity index (χ3v) is 3.73. The summed E-state index contributed by atoms with van der Waals surface area (Å²) >= 11 is 0. The van der Waals surface area contributed by atoms with Gasteiger partial charge in [-0.25, -0.2) is 0 Å². The van der Waals surface area contributed by atoms with Crippen LogP contribution in [0.5, 0.6) is 0 Å². The molecule has 1 heterocycles. The van der Waals surface area contributed by atoms with Crippen molar-refractivity contribution in [1.82, 2.24) is 5.32 Å². The molecule has 0 unspecified atom stereocenters. The van der Waals surface area contributed by atoms with Crippen molar-refractivity contribution in [3.05, 3.63) is 0 Å². The number of aliphatic imine (C=N–C) groups is 1. The van der Waals surface area contributed by atoms with Gasteiger partial charge in [0.1, 0.15) is 0 Å². The van der Waals surface area contributed by atoms with Crippen LogP contribution in [0.1, 0.15) is 84.0 Å². The van der Waals surface area contributed by atoms with E-state index < -0.39 is 0 Å². The quantitative estimate of drug-likeness (QED) is 0.530. The van der Waals surface area contributed by atoms with Gasteiger partial charge in [-0.3, -0.25) is 4.99 Å². The van der Waals surface area contributed by atoms with Crippen molar-refractivity contribution < 1.29 is 0 Å². The number of hydrogen-bond acceptors (Lipinski definition) is 2. The van der Waals surface area contributed by atoms with Crippen molar-refractivity contribution in [3.8, 4) is 0 Å². The summed E-state index contributed by atoms with van der Waals surface area (Å²) < 4.78 is 0. The normalized spacial score (nSPS) is 15.3. The zero-order valence-corrected chi connectivity index (χ0v) is 12.3. The Kier molecular flexibility index (Phi) is 9.97. The van der Waals surface area contributed by atoms with E-state index in [0.717, 1.165) is 13.1 Å². The Morgan fingerprint density at radius 3 is 2.06 bits per heavy atom. The second-order valence-electron chi connectivity index (χ2n) is 5.54. The van der Waals surface area contributed by atoms with Gasteiger partial charge in [0.15, 0.2) is 0 Å². The highest BCUT2D eigenvalue weighted by atomic mass is 15.0. The zero-order chi connectivity index (χ0) is 12.9. The van der Waals surface area contributed by atoms with Gasteiger partial charge in [0.05, 0.1) is 5.84 Å². The van der Waals surface area contributed by atoms with Crippen LogP contribution >= 0.6 is 0 Å². The molecule has 0 bridgehead atoms. The summed E-state index contributed by atoms with van der Waals surface area (Å²) in [4.78, 5) is 4.51. The fraction of sp³-hybridized carbons (Fsp3) is 0.938. The molecule has 0 aliphatic carbocycles. The van der Waals surface area contributed by atoms with Crippen molar-refractivity contribution in [2.45, 2.75) is 84.0 Å². The number of hydrogen-bond donors (Lipinski definition) is 1. The van der Waals surface area contributed by atoms with Crippen molar-refractivity contribution in [1.29, 1.82) is 0 Å². The molecule has 2 heteroatoms. The predicted molar refractivity (Wildman–Crippen MR) is 81.4 cm³/mol. The summed E-state index contributed by atoms with van der Waals surface area (Å²) in [6.45, 7) is 4.46. The van der Waals surface area contributed by atoms with E-state index in [9.17, 15) is 0 Å². The highest BCUT2D eigenvalue weighted by Crippen LogP contribution is 2.11.